The molecule has 1 aromatic carbocycles. The highest BCUT2D eigenvalue weighted by molar-refractivity contribution is 5.91. The van der Waals surface area contributed by atoms with Gasteiger partial charge in [-0.15, -0.1) is 5.10 Å². The predicted molar refractivity (Wildman–Crippen MR) is 164 cm³/mol. The number of hydrogen-bond acceptors (Lipinski definition) is 8. The van der Waals surface area contributed by atoms with Gasteiger partial charge in [0.15, 0.2) is 11.3 Å². The number of amides is 1. The second-order valence-electron chi connectivity index (χ2n) is 12.8. The number of nitrogens with zero attached hydrogens (tertiary/aromatic N) is 7. The number of carbonyl (C=O) groups is 2. The molecule has 43 heavy (non-hydrogen) atoms. The van der Waals surface area contributed by atoms with Crippen LogP contribution >= 0.6 is 0 Å². The van der Waals surface area contributed by atoms with E-state index in [9.17, 15) is 14.7 Å². The van der Waals surface area contributed by atoms with Gasteiger partial charge in [0.25, 0.3) is 5.91 Å². The summed E-state index contributed by atoms with van der Waals surface area (Å²) < 4.78 is 1.75. The van der Waals surface area contributed by atoms with E-state index in [2.05, 4.69) is 68.2 Å². The van der Waals surface area contributed by atoms with E-state index in [1.165, 1.54) is 11.6 Å². The SMILES string of the molecule is Cc1cc(N2CC[C@](C)(c3ccccc3)C2)cn2nc(C(=O)N3CC[C@@]4(CCN(c5cc(N)cc(C(=O)O)n5)C4)C3)nc12. The zero-order chi connectivity index (χ0) is 29.9. The number of fused-ring (bicyclic) bond motifs is 1. The maximum atomic E-state index is 13.6. The number of benzene rings is 1. The third kappa shape index (κ3) is 4.82. The lowest BCUT2D eigenvalue weighted by Crippen LogP contribution is -2.34. The first-order valence-corrected chi connectivity index (χ1v) is 14.8. The van der Waals surface area contributed by atoms with Gasteiger partial charge in [-0.2, -0.15) is 0 Å². The largest absolute Gasteiger partial charge is 0.477 e. The Bertz CT molecular complexity index is 1740. The number of anilines is 3. The summed E-state index contributed by atoms with van der Waals surface area (Å²) in [6.45, 7) is 8.85. The van der Waals surface area contributed by atoms with E-state index >= 15 is 0 Å². The number of carbonyl (C=O) groups excluding carboxylic acids is 1. The average molecular weight is 581 g/mol. The number of hydrogen-bond donors (Lipinski definition) is 2. The lowest BCUT2D eigenvalue weighted by Gasteiger charge is -2.26. The zero-order valence-electron chi connectivity index (χ0n) is 24.5. The molecule has 222 valence electrons. The van der Waals surface area contributed by atoms with Crippen molar-refractivity contribution >= 4 is 34.7 Å². The molecule has 0 saturated carbocycles. The molecule has 6 heterocycles. The Balaban J connectivity index is 1.06. The highest BCUT2D eigenvalue weighted by Gasteiger charge is 2.46. The fourth-order valence-electron chi connectivity index (χ4n) is 7.17. The van der Waals surface area contributed by atoms with Crippen LogP contribution in [-0.4, -0.2) is 80.7 Å². The number of carboxylic acids is 1. The van der Waals surface area contributed by atoms with Crippen molar-refractivity contribution in [1.82, 2.24) is 24.5 Å². The molecule has 3 fully saturated rings. The Kier molecular flexibility index (Phi) is 6.30. The van der Waals surface area contributed by atoms with Crippen molar-refractivity contribution in [2.24, 2.45) is 5.41 Å². The predicted octanol–water partition coefficient (Wildman–Crippen LogP) is 3.62. The van der Waals surface area contributed by atoms with Crippen molar-refractivity contribution in [3.8, 4) is 0 Å². The molecule has 0 bridgehead atoms. The lowest BCUT2D eigenvalue weighted by molar-refractivity contribution is 0.0689. The van der Waals surface area contributed by atoms with Crippen molar-refractivity contribution in [3.63, 3.8) is 0 Å². The number of nitrogen functional groups attached to an aromatic ring is 1. The van der Waals surface area contributed by atoms with Crippen molar-refractivity contribution in [3.05, 3.63) is 77.4 Å². The molecule has 3 N–H and O–H groups in total. The van der Waals surface area contributed by atoms with Crippen molar-refractivity contribution in [2.45, 2.75) is 38.5 Å². The fourth-order valence-corrected chi connectivity index (χ4v) is 7.17. The monoisotopic (exact) mass is 580 g/mol. The number of rotatable bonds is 5. The summed E-state index contributed by atoms with van der Waals surface area (Å²) in [6.07, 6.45) is 4.80. The minimum Gasteiger partial charge on any atom is -0.477 e. The number of aryl methyl sites for hydroxylation is 1. The van der Waals surface area contributed by atoms with E-state index in [0.29, 0.717) is 36.8 Å². The molecule has 3 aromatic heterocycles. The van der Waals surface area contributed by atoms with Gasteiger partial charge in [0.2, 0.25) is 5.82 Å². The van der Waals surface area contributed by atoms with Crippen LogP contribution in [0.1, 0.15) is 58.4 Å². The third-order valence-electron chi connectivity index (χ3n) is 9.64. The maximum absolute atomic E-state index is 13.6. The van der Waals surface area contributed by atoms with Gasteiger partial charge in [-0.25, -0.2) is 19.3 Å². The molecule has 4 aromatic rings. The van der Waals surface area contributed by atoms with Crippen LogP contribution in [0.15, 0.2) is 54.7 Å². The van der Waals surface area contributed by atoms with Crippen LogP contribution in [0.2, 0.25) is 0 Å². The zero-order valence-corrected chi connectivity index (χ0v) is 24.5. The van der Waals surface area contributed by atoms with Crippen molar-refractivity contribution < 1.29 is 14.7 Å². The first-order chi connectivity index (χ1) is 20.6. The van der Waals surface area contributed by atoms with Crippen LogP contribution < -0.4 is 15.5 Å². The standard InChI is InChI=1S/C32H36N8O3/c1-21-14-24(37-11-8-31(2,18-37)22-6-4-3-5-7-22)17-40-28(21)35-27(36-40)29(41)39-13-10-32(20-39)9-12-38(19-32)26-16-23(33)15-25(34-26)30(42)43/h3-7,14-17H,8-13,18-20H2,1-2H3,(H2,33,34)(H,42,43)/t31-,32+/m0/s1. The summed E-state index contributed by atoms with van der Waals surface area (Å²) in [7, 11) is 0. The van der Waals surface area contributed by atoms with Crippen LogP contribution in [0, 0.1) is 12.3 Å². The summed E-state index contributed by atoms with van der Waals surface area (Å²) in [5.41, 5.74) is 10.4. The van der Waals surface area contributed by atoms with E-state index < -0.39 is 5.97 Å². The molecule has 1 amide bonds. The number of aromatic carboxylic acids is 1. The van der Waals surface area contributed by atoms with Crippen molar-refractivity contribution in [2.75, 3.05) is 54.8 Å². The van der Waals surface area contributed by atoms with Crippen LogP contribution in [-0.2, 0) is 5.41 Å². The highest BCUT2D eigenvalue weighted by Crippen LogP contribution is 2.41. The highest BCUT2D eigenvalue weighted by atomic mass is 16.4. The number of aromatic nitrogens is 4. The van der Waals surface area contributed by atoms with E-state index in [1.54, 1.807) is 10.6 Å². The summed E-state index contributed by atoms with van der Waals surface area (Å²) in [5.74, 6) is -0.484. The summed E-state index contributed by atoms with van der Waals surface area (Å²) in [6, 6.07) is 15.9. The molecule has 7 rings (SSSR count). The first-order valence-electron chi connectivity index (χ1n) is 14.8. The molecule has 0 aliphatic carbocycles. The second kappa shape index (κ2) is 9.96. The number of carboxylic acid groups (broad SMARTS) is 1. The van der Waals surface area contributed by atoms with Crippen LogP contribution in [0.4, 0.5) is 17.2 Å². The van der Waals surface area contributed by atoms with Gasteiger partial charge in [-0.3, -0.25) is 4.79 Å². The molecular weight excluding hydrogens is 544 g/mol. The van der Waals surface area contributed by atoms with Gasteiger partial charge in [-0.1, -0.05) is 37.3 Å². The second-order valence-corrected chi connectivity index (χ2v) is 12.8. The normalized spacial score (nSPS) is 23.6. The van der Waals surface area contributed by atoms with Gasteiger partial charge in [0, 0.05) is 61.9 Å². The first kappa shape index (κ1) is 27.2. The lowest BCUT2D eigenvalue weighted by atomic mass is 9.82. The van der Waals surface area contributed by atoms with Gasteiger partial charge in [0.05, 0.1) is 11.9 Å². The number of nitrogens with two attached hydrogens (primary N) is 1. The van der Waals surface area contributed by atoms with Gasteiger partial charge in [-0.05, 0) is 49.4 Å². The van der Waals surface area contributed by atoms with Crippen molar-refractivity contribution in [1.29, 1.82) is 0 Å². The van der Waals surface area contributed by atoms with E-state index in [-0.39, 0.29) is 28.3 Å². The van der Waals surface area contributed by atoms with Gasteiger partial charge < -0.3 is 25.5 Å². The fraction of sp³-hybridized carbons (Fsp3) is 0.406. The van der Waals surface area contributed by atoms with Crippen LogP contribution in [0.25, 0.3) is 5.65 Å². The average Bonchev–Trinajstić information content (AvgIpc) is 3.80. The Morgan fingerprint density at radius 1 is 0.930 bits per heavy atom. The van der Waals surface area contributed by atoms with Crippen LogP contribution in [0.5, 0.6) is 0 Å². The Morgan fingerprint density at radius 2 is 1.70 bits per heavy atom. The minimum absolute atomic E-state index is 0.0644. The molecule has 0 unspecified atom stereocenters. The Labute approximate surface area is 249 Å². The molecule has 3 aliphatic rings. The maximum Gasteiger partial charge on any atom is 0.354 e. The summed E-state index contributed by atoms with van der Waals surface area (Å²) >= 11 is 0. The Morgan fingerprint density at radius 3 is 2.49 bits per heavy atom. The van der Waals surface area contributed by atoms with E-state index in [4.69, 9.17) is 5.73 Å². The quantitative estimate of drug-likeness (QED) is 0.363. The molecule has 3 saturated heterocycles. The van der Waals surface area contributed by atoms with Gasteiger partial charge >= 0.3 is 5.97 Å². The summed E-state index contributed by atoms with van der Waals surface area (Å²) in [5, 5.41) is 14.0. The Hall–Kier alpha value is -4.67. The topological polar surface area (TPSA) is 133 Å². The van der Waals surface area contributed by atoms with E-state index in [1.807, 2.05) is 18.0 Å². The summed E-state index contributed by atoms with van der Waals surface area (Å²) in [4.78, 5) is 40.4. The molecular formula is C32H36N8O3. The molecule has 0 radical (unpaired) electrons. The molecule has 3 aliphatic heterocycles. The number of pyridine rings is 2. The smallest absolute Gasteiger partial charge is 0.354 e. The third-order valence-corrected chi connectivity index (χ3v) is 9.64. The van der Waals surface area contributed by atoms with Gasteiger partial charge in [0.1, 0.15) is 5.82 Å². The van der Waals surface area contributed by atoms with E-state index in [0.717, 1.165) is 50.1 Å². The molecule has 1 spiro atoms. The molecule has 11 nitrogen and oxygen atoms in total. The number of likely N-dealkylation sites (tertiary alicyclic amines) is 1. The molecule has 2 atom stereocenters. The minimum atomic E-state index is -1.10. The molecule has 11 heteroatoms. The van der Waals surface area contributed by atoms with Crippen LogP contribution in [0.3, 0.4) is 0 Å².